The van der Waals surface area contributed by atoms with Crippen LogP contribution in [0, 0.1) is 0 Å². The van der Waals surface area contributed by atoms with Gasteiger partial charge in [0.2, 0.25) is 0 Å². The first-order valence-electron chi connectivity index (χ1n) is 8.68. The number of ether oxygens (including phenoxy) is 1. The summed E-state index contributed by atoms with van der Waals surface area (Å²) < 4.78 is 23.0. The van der Waals surface area contributed by atoms with Crippen molar-refractivity contribution in [3.05, 3.63) is 71.8 Å². The molecule has 1 aliphatic rings. The molecule has 1 aliphatic heterocycles. The number of nitrogens with zero attached hydrogens (tertiary/aromatic N) is 1. The summed E-state index contributed by atoms with van der Waals surface area (Å²) in [4.78, 5) is 5.39. The smallest absolute Gasteiger partial charge is 0.187 e. The lowest BCUT2D eigenvalue weighted by Crippen LogP contribution is -2.60. The highest BCUT2D eigenvalue weighted by molar-refractivity contribution is 8.30. The monoisotopic (exact) mass is 403 g/mol. The van der Waals surface area contributed by atoms with Crippen LogP contribution in [0.1, 0.15) is 18.1 Å². The van der Waals surface area contributed by atoms with Crippen LogP contribution in [0.4, 0.5) is 0 Å². The summed E-state index contributed by atoms with van der Waals surface area (Å²) in [5.41, 5.74) is 1.12. The van der Waals surface area contributed by atoms with Crippen molar-refractivity contribution in [3.8, 4) is 0 Å². The van der Waals surface area contributed by atoms with E-state index in [2.05, 4.69) is 10.0 Å². The van der Waals surface area contributed by atoms with Crippen LogP contribution in [0.2, 0.25) is 0 Å². The Balaban J connectivity index is 2.12. The van der Waals surface area contributed by atoms with Crippen LogP contribution in [0.25, 0.3) is 0 Å². The van der Waals surface area contributed by atoms with Crippen molar-refractivity contribution < 1.29 is 8.95 Å². The van der Waals surface area contributed by atoms with E-state index in [-0.39, 0.29) is 11.7 Å². The molecule has 0 bridgehead atoms. The van der Waals surface area contributed by atoms with Crippen LogP contribution in [0.5, 0.6) is 0 Å². The molecule has 0 fully saturated rings. The van der Waals surface area contributed by atoms with Crippen molar-refractivity contribution in [1.29, 1.82) is 0 Å². The van der Waals surface area contributed by atoms with Gasteiger partial charge in [-0.1, -0.05) is 72.9 Å². The average Bonchev–Trinajstić information content (AvgIpc) is 3.01. The molecule has 0 aromatic heterocycles. The van der Waals surface area contributed by atoms with Gasteiger partial charge in [-0.25, -0.2) is 4.99 Å². The molecule has 1 atom stereocenters. The fourth-order valence-corrected chi connectivity index (χ4v) is 6.50. The quantitative estimate of drug-likeness (QED) is 0.728. The van der Waals surface area contributed by atoms with Gasteiger partial charge in [0, 0.05) is 22.1 Å². The Kier molecular flexibility index (Phi) is 5.31. The SMILES string of the molecule is CNS(=O)(COC)(Cc1ccccc1)C1=NC(C)(c2ccccc2)C(=S)N1. The van der Waals surface area contributed by atoms with Crippen molar-refractivity contribution in [2.45, 2.75) is 18.2 Å². The third-order valence-electron chi connectivity index (χ3n) is 4.93. The first-order chi connectivity index (χ1) is 12.8. The van der Waals surface area contributed by atoms with Gasteiger partial charge in [0.15, 0.2) is 5.17 Å². The predicted octanol–water partition coefficient (Wildman–Crippen LogP) is 2.95. The minimum Gasteiger partial charge on any atom is -0.372 e. The van der Waals surface area contributed by atoms with Crippen molar-refractivity contribution in [1.82, 2.24) is 10.0 Å². The Hall–Kier alpha value is -1.93. The number of benzene rings is 2. The number of rotatable bonds is 6. The molecule has 0 spiro atoms. The second kappa shape index (κ2) is 7.24. The first-order valence-corrected chi connectivity index (χ1v) is 11.4. The van der Waals surface area contributed by atoms with Crippen molar-refractivity contribution in [2.75, 3.05) is 20.1 Å². The molecular weight excluding hydrogens is 378 g/mol. The van der Waals surface area contributed by atoms with Gasteiger partial charge in [0.05, 0.1) is 0 Å². The molecule has 2 N–H and O–H groups in total. The Morgan fingerprint density at radius 2 is 1.74 bits per heavy atom. The van der Waals surface area contributed by atoms with Gasteiger partial charge in [-0.3, -0.25) is 8.93 Å². The van der Waals surface area contributed by atoms with Crippen LogP contribution in [-0.4, -0.2) is 34.5 Å². The van der Waals surface area contributed by atoms with E-state index in [4.69, 9.17) is 21.9 Å². The summed E-state index contributed by atoms with van der Waals surface area (Å²) in [5.74, 6) is 0.267. The summed E-state index contributed by atoms with van der Waals surface area (Å²) in [6, 6.07) is 19.5. The van der Waals surface area contributed by atoms with E-state index in [1.54, 1.807) is 14.2 Å². The Bertz CT molecular complexity index is 931. The second-order valence-electron chi connectivity index (χ2n) is 6.84. The number of methoxy groups -OCH3 is 1. The summed E-state index contributed by atoms with van der Waals surface area (Å²) >= 11 is 5.61. The molecule has 0 saturated carbocycles. The maximum absolute atomic E-state index is 14.5. The summed E-state index contributed by atoms with van der Waals surface area (Å²) in [5, 5.41) is 3.51. The van der Waals surface area contributed by atoms with Gasteiger partial charge < -0.3 is 10.1 Å². The van der Waals surface area contributed by atoms with Crippen LogP contribution in [-0.2, 0) is 25.3 Å². The van der Waals surface area contributed by atoms with E-state index in [0.29, 0.717) is 10.2 Å². The Morgan fingerprint density at radius 3 is 2.30 bits per heavy atom. The molecule has 2 aromatic rings. The predicted molar refractivity (Wildman–Crippen MR) is 116 cm³/mol. The van der Waals surface area contributed by atoms with Gasteiger partial charge in [-0.05, 0) is 25.1 Å². The summed E-state index contributed by atoms with van der Waals surface area (Å²) in [7, 11) is -0.479. The highest BCUT2D eigenvalue weighted by Gasteiger charge is 2.49. The van der Waals surface area contributed by atoms with E-state index in [9.17, 15) is 4.21 Å². The average molecular weight is 404 g/mol. The lowest BCUT2D eigenvalue weighted by Gasteiger charge is -2.41. The van der Waals surface area contributed by atoms with Gasteiger partial charge >= 0.3 is 0 Å². The van der Waals surface area contributed by atoms with Crippen LogP contribution < -0.4 is 10.0 Å². The second-order valence-corrected chi connectivity index (χ2v) is 11.1. The molecule has 0 amide bonds. The maximum atomic E-state index is 14.5. The van der Waals surface area contributed by atoms with Crippen LogP contribution in [0.3, 0.4) is 0 Å². The number of aliphatic imine (C=N–C) groups is 1. The first kappa shape index (κ1) is 19.8. The van der Waals surface area contributed by atoms with E-state index in [0.717, 1.165) is 11.1 Å². The van der Waals surface area contributed by atoms with Crippen molar-refractivity contribution in [3.63, 3.8) is 0 Å². The standard InChI is InChI=1S/C20H25N3O2S2/c1-20(17-12-8-5-9-13-17)18(26)22-19(23-20)27(24,21-2,15-25-3)14-16-10-6-4-7-11-16/h4-13H,14-15H2,1-3H3,(H,21,24)(H,22,23,26). The molecule has 2 aromatic carbocycles. The topological polar surface area (TPSA) is 62.7 Å². The lowest BCUT2D eigenvalue weighted by atomic mass is 9.93. The number of amidine groups is 1. The van der Waals surface area contributed by atoms with Crippen molar-refractivity contribution >= 4 is 31.6 Å². The molecule has 0 saturated heterocycles. The zero-order valence-electron chi connectivity index (χ0n) is 15.8. The fourth-order valence-electron chi connectivity index (χ4n) is 3.25. The highest BCUT2D eigenvalue weighted by atomic mass is 32.3. The molecule has 1 heterocycles. The molecule has 5 nitrogen and oxygen atoms in total. The van der Waals surface area contributed by atoms with E-state index in [1.165, 1.54) is 0 Å². The zero-order valence-corrected chi connectivity index (χ0v) is 17.4. The zero-order chi connectivity index (χ0) is 19.6. The molecule has 0 radical (unpaired) electrons. The number of hydrogen-bond acceptors (Lipinski definition) is 4. The number of hydrogen-bond donors (Lipinski definition) is 2. The molecule has 7 heteroatoms. The van der Waals surface area contributed by atoms with Gasteiger partial charge in [0.1, 0.15) is 16.5 Å². The van der Waals surface area contributed by atoms with Crippen LogP contribution >= 0.6 is 12.2 Å². The van der Waals surface area contributed by atoms with E-state index >= 15 is 0 Å². The van der Waals surface area contributed by atoms with Gasteiger partial charge in [0.25, 0.3) is 0 Å². The molecule has 144 valence electrons. The van der Waals surface area contributed by atoms with Crippen LogP contribution in [0.15, 0.2) is 65.7 Å². The number of thiocarbonyl (C=S) groups is 1. The van der Waals surface area contributed by atoms with E-state index in [1.807, 2.05) is 67.6 Å². The minimum atomic E-state index is -3.70. The lowest BCUT2D eigenvalue weighted by molar-refractivity contribution is 0.250. The molecule has 3 rings (SSSR count). The molecule has 1 unspecified atom stereocenters. The molecule has 0 aliphatic carbocycles. The molecular formula is C20H25N3O2S2. The van der Waals surface area contributed by atoms with E-state index < -0.39 is 14.8 Å². The number of nitrogens with one attached hydrogen (secondary N) is 2. The third-order valence-corrected chi connectivity index (χ3v) is 9.15. The maximum Gasteiger partial charge on any atom is 0.187 e. The normalized spacial score (nSPS) is 21.2. The highest BCUT2D eigenvalue weighted by Crippen LogP contribution is 2.37. The summed E-state index contributed by atoms with van der Waals surface area (Å²) in [6.45, 7) is 1.94. The third kappa shape index (κ3) is 3.48. The molecule has 27 heavy (non-hydrogen) atoms. The Morgan fingerprint density at radius 1 is 1.15 bits per heavy atom. The fraction of sp³-hybridized carbons (Fsp3) is 0.300. The van der Waals surface area contributed by atoms with Gasteiger partial charge in [-0.2, -0.15) is 0 Å². The minimum absolute atomic E-state index is 0.00190. The van der Waals surface area contributed by atoms with Crippen molar-refractivity contribution in [2.24, 2.45) is 4.99 Å². The Labute approximate surface area is 165 Å². The largest absolute Gasteiger partial charge is 0.372 e. The van der Waals surface area contributed by atoms with Gasteiger partial charge in [-0.15, -0.1) is 0 Å². The summed E-state index contributed by atoms with van der Waals surface area (Å²) in [6.07, 6.45) is 0.